The molecule has 1 spiro atoms. The first-order chi connectivity index (χ1) is 7.74. The Bertz CT molecular complexity index is 271. The lowest BCUT2D eigenvalue weighted by atomic mass is 9.87. The van der Waals surface area contributed by atoms with Gasteiger partial charge in [0.2, 0.25) is 5.91 Å². The molecule has 0 bridgehead atoms. The van der Waals surface area contributed by atoms with Crippen molar-refractivity contribution in [2.24, 2.45) is 5.41 Å². The predicted octanol–water partition coefficient (Wildman–Crippen LogP) is -0.0260. The minimum atomic E-state index is 0.114. The molecule has 0 radical (unpaired) electrons. The van der Waals surface area contributed by atoms with Gasteiger partial charge in [-0.3, -0.25) is 9.69 Å². The zero-order chi connectivity index (χ0) is 11.4. The summed E-state index contributed by atoms with van der Waals surface area (Å²) < 4.78 is 0. The summed E-state index contributed by atoms with van der Waals surface area (Å²) in [5.41, 5.74) is 0.457. The Morgan fingerprint density at radius 1 is 1.56 bits per heavy atom. The molecule has 90 valence electrons. The zero-order valence-corrected chi connectivity index (χ0v) is 9.80. The number of carbonyl (C=O) groups is 1. The van der Waals surface area contributed by atoms with Crippen molar-refractivity contribution < 1.29 is 4.79 Å². The van der Waals surface area contributed by atoms with Crippen LogP contribution in [0.3, 0.4) is 0 Å². The second-order valence-electron chi connectivity index (χ2n) is 4.98. The molecule has 1 atom stereocenters. The van der Waals surface area contributed by atoms with Crippen LogP contribution < -0.4 is 10.6 Å². The first kappa shape index (κ1) is 11.6. The number of nitrogens with one attached hydrogen (secondary N) is 2. The fraction of sp³-hybridized carbons (Fsp3) is 0.750. The average molecular weight is 223 g/mol. The summed E-state index contributed by atoms with van der Waals surface area (Å²) >= 11 is 0. The molecule has 16 heavy (non-hydrogen) atoms. The van der Waals surface area contributed by atoms with E-state index < -0.39 is 0 Å². The van der Waals surface area contributed by atoms with Gasteiger partial charge in [0.25, 0.3) is 0 Å². The van der Waals surface area contributed by atoms with Crippen LogP contribution in [0, 0.1) is 5.41 Å². The summed E-state index contributed by atoms with van der Waals surface area (Å²) in [6.07, 6.45) is 4.21. The van der Waals surface area contributed by atoms with E-state index >= 15 is 0 Å². The SMILES string of the molecule is C=CCNC(=O)CN1CCC2(CCNC2)C1. The summed E-state index contributed by atoms with van der Waals surface area (Å²) in [6.45, 7) is 9.08. The van der Waals surface area contributed by atoms with Crippen LogP contribution in [-0.2, 0) is 4.79 Å². The molecule has 2 aliphatic rings. The van der Waals surface area contributed by atoms with Gasteiger partial charge in [-0.1, -0.05) is 6.08 Å². The van der Waals surface area contributed by atoms with Crippen molar-refractivity contribution in [3.8, 4) is 0 Å². The van der Waals surface area contributed by atoms with Crippen LogP contribution in [0.2, 0.25) is 0 Å². The molecule has 4 heteroatoms. The quantitative estimate of drug-likeness (QED) is 0.658. The highest BCUT2D eigenvalue weighted by Crippen LogP contribution is 2.35. The molecule has 2 rings (SSSR count). The number of hydrogen-bond acceptors (Lipinski definition) is 3. The zero-order valence-electron chi connectivity index (χ0n) is 9.80. The smallest absolute Gasteiger partial charge is 0.234 e. The van der Waals surface area contributed by atoms with Crippen LogP contribution in [0.4, 0.5) is 0 Å². The summed E-state index contributed by atoms with van der Waals surface area (Å²) in [7, 11) is 0. The Balaban J connectivity index is 1.76. The van der Waals surface area contributed by atoms with E-state index in [4.69, 9.17) is 0 Å². The number of nitrogens with zero attached hydrogens (tertiary/aromatic N) is 1. The number of carbonyl (C=O) groups excluding carboxylic acids is 1. The Labute approximate surface area is 97.1 Å². The first-order valence-corrected chi connectivity index (χ1v) is 6.05. The lowest BCUT2D eigenvalue weighted by Gasteiger charge is -2.22. The molecule has 2 heterocycles. The van der Waals surface area contributed by atoms with E-state index in [2.05, 4.69) is 22.1 Å². The summed E-state index contributed by atoms with van der Waals surface area (Å²) in [6, 6.07) is 0. The van der Waals surface area contributed by atoms with Crippen molar-refractivity contribution >= 4 is 5.91 Å². The highest BCUT2D eigenvalue weighted by Gasteiger charge is 2.40. The lowest BCUT2D eigenvalue weighted by molar-refractivity contribution is -0.121. The van der Waals surface area contributed by atoms with Crippen LogP contribution in [0.5, 0.6) is 0 Å². The third kappa shape index (κ3) is 2.62. The molecule has 2 fully saturated rings. The third-order valence-electron chi connectivity index (χ3n) is 3.66. The molecule has 0 aromatic rings. The molecule has 2 saturated heterocycles. The van der Waals surface area contributed by atoms with Gasteiger partial charge in [-0.05, 0) is 31.3 Å². The van der Waals surface area contributed by atoms with E-state index in [-0.39, 0.29) is 5.91 Å². The minimum absolute atomic E-state index is 0.114. The molecule has 1 unspecified atom stereocenters. The molecule has 0 aromatic carbocycles. The maximum Gasteiger partial charge on any atom is 0.234 e. The topological polar surface area (TPSA) is 44.4 Å². The number of likely N-dealkylation sites (tertiary alicyclic amines) is 1. The molecule has 2 aliphatic heterocycles. The van der Waals surface area contributed by atoms with Crippen molar-refractivity contribution in [2.75, 3.05) is 39.3 Å². The van der Waals surface area contributed by atoms with Crippen LogP contribution in [-0.4, -0.2) is 50.1 Å². The van der Waals surface area contributed by atoms with Crippen LogP contribution >= 0.6 is 0 Å². The predicted molar refractivity (Wildman–Crippen MR) is 64.2 cm³/mol. The number of hydrogen-bond donors (Lipinski definition) is 2. The van der Waals surface area contributed by atoms with E-state index in [9.17, 15) is 4.79 Å². The van der Waals surface area contributed by atoms with Gasteiger partial charge in [0.05, 0.1) is 6.54 Å². The van der Waals surface area contributed by atoms with Crippen molar-refractivity contribution in [3.63, 3.8) is 0 Å². The molecule has 4 nitrogen and oxygen atoms in total. The summed E-state index contributed by atoms with van der Waals surface area (Å²) in [5, 5.41) is 6.25. The van der Waals surface area contributed by atoms with Gasteiger partial charge in [0.15, 0.2) is 0 Å². The fourth-order valence-electron chi connectivity index (χ4n) is 2.75. The molecule has 1 amide bonds. The molecule has 0 aliphatic carbocycles. The van der Waals surface area contributed by atoms with Gasteiger partial charge in [0.1, 0.15) is 0 Å². The molecule has 0 aromatic heterocycles. The van der Waals surface area contributed by atoms with Crippen molar-refractivity contribution in [1.29, 1.82) is 0 Å². The fourth-order valence-corrected chi connectivity index (χ4v) is 2.75. The Kier molecular flexibility index (Phi) is 3.61. The average Bonchev–Trinajstić information content (AvgIpc) is 2.87. The Morgan fingerprint density at radius 2 is 2.44 bits per heavy atom. The van der Waals surface area contributed by atoms with Crippen molar-refractivity contribution in [3.05, 3.63) is 12.7 Å². The molecule has 2 N–H and O–H groups in total. The van der Waals surface area contributed by atoms with Crippen LogP contribution in [0.1, 0.15) is 12.8 Å². The van der Waals surface area contributed by atoms with Gasteiger partial charge in [0, 0.05) is 19.6 Å². The van der Waals surface area contributed by atoms with E-state index in [1.165, 1.54) is 12.8 Å². The first-order valence-electron chi connectivity index (χ1n) is 6.05. The second-order valence-corrected chi connectivity index (χ2v) is 4.98. The third-order valence-corrected chi connectivity index (χ3v) is 3.66. The lowest BCUT2D eigenvalue weighted by Crippen LogP contribution is -2.37. The van der Waals surface area contributed by atoms with Crippen LogP contribution in [0.25, 0.3) is 0 Å². The second kappa shape index (κ2) is 4.97. The normalized spacial score (nSPS) is 29.8. The highest BCUT2D eigenvalue weighted by molar-refractivity contribution is 5.78. The van der Waals surface area contributed by atoms with Gasteiger partial charge in [-0.25, -0.2) is 0 Å². The summed E-state index contributed by atoms with van der Waals surface area (Å²) in [5.74, 6) is 0.114. The van der Waals surface area contributed by atoms with Gasteiger partial charge < -0.3 is 10.6 Å². The number of rotatable bonds is 4. The number of amides is 1. The molecular formula is C12H21N3O. The van der Waals surface area contributed by atoms with Gasteiger partial charge >= 0.3 is 0 Å². The maximum atomic E-state index is 11.5. The van der Waals surface area contributed by atoms with E-state index in [0.29, 0.717) is 18.5 Å². The largest absolute Gasteiger partial charge is 0.352 e. The van der Waals surface area contributed by atoms with Crippen LogP contribution in [0.15, 0.2) is 12.7 Å². The molecule has 0 saturated carbocycles. The van der Waals surface area contributed by atoms with E-state index in [1.807, 2.05) is 0 Å². The minimum Gasteiger partial charge on any atom is -0.352 e. The molecular weight excluding hydrogens is 202 g/mol. The maximum absolute atomic E-state index is 11.5. The van der Waals surface area contributed by atoms with E-state index in [1.54, 1.807) is 6.08 Å². The van der Waals surface area contributed by atoms with Crippen molar-refractivity contribution in [2.45, 2.75) is 12.8 Å². The summed E-state index contributed by atoms with van der Waals surface area (Å²) in [4.78, 5) is 13.8. The van der Waals surface area contributed by atoms with Crippen molar-refractivity contribution in [1.82, 2.24) is 15.5 Å². The Morgan fingerprint density at radius 3 is 3.12 bits per heavy atom. The van der Waals surface area contributed by atoms with E-state index in [0.717, 1.165) is 26.2 Å². The van der Waals surface area contributed by atoms with Gasteiger partial charge in [-0.2, -0.15) is 0 Å². The Hall–Kier alpha value is -0.870. The van der Waals surface area contributed by atoms with Gasteiger partial charge in [-0.15, -0.1) is 6.58 Å². The monoisotopic (exact) mass is 223 g/mol. The highest BCUT2D eigenvalue weighted by atomic mass is 16.2. The standard InChI is InChI=1S/C12H21N3O/c1-2-5-14-11(16)8-15-7-4-12(10-15)3-6-13-9-12/h2,13H,1,3-10H2,(H,14,16).